The van der Waals surface area contributed by atoms with Crippen LogP contribution >= 0.6 is 0 Å². The average molecular weight is 236 g/mol. The molecule has 1 saturated heterocycles. The third-order valence-corrected chi connectivity index (χ3v) is 3.17. The summed E-state index contributed by atoms with van der Waals surface area (Å²) in [4.78, 5) is 2.06. The van der Waals surface area contributed by atoms with E-state index < -0.39 is 5.82 Å². The highest BCUT2D eigenvalue weighted by Gasteiger charge is 2.19. The van der Waals surface area contributed by atoms with Crippen molar-refractivity contribution >= 4 is 0 Å². The highest BCUT2D eigenvalue weighted by molar-refractivity contribution is 5.18. The van der Waals surface area contributed by atoms with Gasteiger partial charge in [-0.15, -0.1) is 0 Å². The van der Waals surface area contributed by atoms with Gasteiger partial charge in [0.15, 0.2) is 0 Å². The molecule has 90 valence electrons. The zero-order valence-corrected chi connectivity index (χ0v) is 9.50. The van der Waals surface area contributed by atoms with Crippen molar-refractivity contribution in [1.82, 2.24) is 4.90 Å². The van der Waals surface area contributed by atoms with Crippen LogP contribution in [0.5, 0.6) is 0 Å². The number of halogens is 2. The van der Waals surface area contributed by atoms with E-state index in [2.05, 4.69) is 11.0 Å². The zero-order chi connectivity index (χ0) is 12.3. The molecule has 0 bridgehead atoms. The SMILES string of the molecule is N#CC1CCN(Cc2cc(F)ccc2F)CC1. The fourth-order valence-corrected chi connectivity index (χ4v) is 2.13. The van der Waals surface area contributed by atoms with E-state index in [1.54, 1.807) is 0 Å². The summed E-state index contributed by atoms with van der Waals surface area (Å²) in [5.74, 6) is -0.661. The van der Waals surface area contributed by atoms with Gasteiger partial charge in [-0.05, 0) is 44.1 Å². The first kappa shape index (κ1) is 12.0. The monoisotopic (exact) mass is 236 g/mol. The van der Waals surface area contributed by atoms with Gasteiger partial charge in [0.05, 0.1) is 6.07 Å². The minimum absolute atomic E-state index is 0.114. The lowest BCUT2D eigenvalue weighted by atomic mass is 9.98. The predicted molar refractivity (Wildman–Crippen MR) is 60.0 cm³/mol. The Labute approximate surface area is 99.5 Å². The standard InChI is InChI=1S/C13H14F2N2/c14-12-1-2-13(15)11(7-12)9-17-5-3-10(8-16)4-6-17/h1-2,7,10H,3-6,9H2. The molecule has 2 nitrogen and oxygen atoms in total. The number of hydrogen-bond donors (Lipinski definition) is 0. The summed E-state index contributed by atoms with van der Waals surface area (Å²) in [6, 6.07) is 5.78. The van der Waals surface area contributed by atoms with E-state index in [9.17, 15) is 8.78 Å². The van der Waals surface area contributed by atoms with E-state index in [1.165, 1.54) is 6.07 Å². The van der Waals surface area contributed by atoms with Gasteiger partial charge in [-0.1, -0.05) is 0 Å². The molecular weight excluding hydrogens is 222 g/mol. The number of rotatable bonds is 2. The fourth-order valence-electron chi connectivity index (χ4n) is 2.13. The topological polar surface area (TPSA) is 27.0 Å². The van der Waals surface area contributed by atoms with Crippen LogP contribution < -0.4 is 0 Å². The summed E-state index contributed by atoms with van der Waals surface area (Å²) in [7, 11) is 0. The van der Waals surface area contributed by atoms with E-state index in [1.807, 2.05) is 0 Å². The third-order valence-electron chi connectivity index (χ3n) is 3.17. The Morgan fingerprint density at radius 3 is 2.65 bits per heavy atom. The van der Waals surface area contributed by atoms with Crippen LogP contribution in [0, 0.1) is 28.9 Å². The minimum Gasteiger partial charge on any atom is -0.299 e. The van der Waals surface area contributed by atoms with Crippen LogP contribution in [0.4, 0.5) is 8.78 Å². The molecule has 4 heteroatoms. The predicted octanol–water partition coefficient (Wildman–Crippen LogP) is 2.70. The van der Waals surface area contributed by atoms with Crippen LogP contribution in [0.2, 0.25) is 0 Å². The van der Waals surface area contributed by atoms with Crippen molar-refractivity contribution in [3.8, 4) is 6.07 Å². The van der Waals surface area contributed by atoms with Gasteiger partial charge < -0.3 is 0 Å². The normalized spacial score (nSPS) is 17.9. The van der Waals surface area contributed by atoms with Crippen LogP contribution in [-0.4, -0.2) is 18.0 Å². The summed E-state index contributed by atoms with van der Waals surface area (Å²) in [5, 5.41) is 8.77. The molecule has 1 aliphatic heterocycles. The lowest BCUT2D eigenvalue weighted by molar-refractivity contribution is 0.196. The van der Waals surface area contributed by atoms with Gasteiger partial charge in [-0.2, -0.15) is 5.26 Å². The lowest BCUT2D eigenvalue weighted by Gasteiger charge is -2.29. The molecule has 17 heavy (non-hydrogen) atoms. The Hall–Kier alpha value is -1.47. The molecule has 1 aliphatic rings. The first-order valence-electron chi connectivity index (χ1n) is 5.75. The smallest absolute Gasteiger partial charge is 0.127 e. The quantitative estimate of drug-likeness (QED) is 0.789. The van der Waals surface area contributed by atoms with Crippen molar-refractivity contribution < 1.29 is 8.78 Å². The summed E-state index contributed by atoms with van der Waals surface area (Å²) in [5.41, 5.74) is 0.389. The van der Waals surface area contributed by atoms with Crippen molar-refractivity contribution in [2.45, 2.75) is 19.4 Å². The second-order valence-electron chi connectivity index (χ2n) is 4.42. The average Bonchev–Trinajstić information content (AvgIpc) is 2.35. The molecule has 0 unspecified atom stereocenters. The molecule has 1 fully saturated rings. The van der Waals surface area contributed by atoms with Gasteiger partial charge in [0.1, 0.15) is 11.6 Å². The zero-order valence-electron chi connectivity index (χ0n) is 9.50. The fraction of sp³-hybridized carbons (Fsp3) is 0.462. The highest BCUT2D eigenvalue weighted by atomic mass is 19.1. The molecule has 0 spiro atoms. The molecule has 1 heterocycles. The third kappa shape index (κ3) is 3.01. The summed E-state index contributed by atoms with van der Waals surface area (Å²) >= 11 is 0. The van der Waals surface area contributed by atoms with Crippen LogP contribution in [0.15, 0.2) is 18.2 Å². The molecular formula is C13H14F2N2. The van der Waals surface area contributed by atoms with Crippen molar-refractivity contribution in [2.75, 3.05) is 13.1 Å². The van der Waals surface area contributed by atoms with Crippen molar-refractivity contribution in [3.63, 3.8) is 0 Å². The van der Waals surface area contributed by atoms with Gasteiger partial charge >= 0.3 is 0 Å². The highest BCUT2D eigenvalue weighted by Crippen LogP contribution is 2.19. The van der Waals surface area contributed by atoms with Gasteiger partial charge in [-0.25, -0.2) is 8.78 Å². The number of hydrogen-bond acceptors (Lipinski definition) is 2. The van der Waals surface area contributed by atoms with Crippen LogP contribution in [0.3, 0.4) is 0 Å². The molecule has 2 rings (SSSR count). The maximum atomic E-state index is 13.4. The molecule has 0 amide bonds. The Morgan fingerprint density at radius 1 is 1.29 bits per heavy atom. The van der Waals surface area contributed by atoms with E-state index >= 15 is 0 Å². The molecule has 0 aromatic heterocycles. The summed E-state index contributed by atoms with van der Waals surface area (Å²) < 4.78 is 26.4. The molecule has 0 saturated carbocycles. The maximum absolute atomic E-state index is 13.4. The van der Waals surface area contributed by atoms with E-state index in [4.69, 9.17) is 5.26 Å². The first-order chi connectivity index (χ1) is 8.19. The number of benzene rings is 1. The molecule has 0 aliphatic carbocycles. The van der Waals surface area contributed by atoms with E-state index in [0.717, 1.165) is 38.1 Å². The number of nitrogens with zero attached hydrogens (tertiary/aromatic N) is 2. The number of nitriles is 1. The lowest BCUT2D eigenvalue weighted by Crippen LogP contribution is -2.33. The number of likely N-dealkylation sites (tertiary alicyclic amines) is 1. The van der Waals surface area contributed by atoms with Crippen LogP contribution in [-0.2, 0) is 6.54 Å². The maximum Gasteiger partial charge on any atom is 0.127 e. The summed E-state index contributed by atoms with van der Waals surface area (Å²) in [6.07, 6.45) is 1.63. The van der Waals surface area contributed by atoms with E-state index in [-0.39, 0.29) is 11.7 Å². The van der Waals surface area contributed by atoms with Gasteiger partial charge in [0, 0.05) is 18.0 Å². The van der Waals surface area contributed by atoms with Gasteiger partial charge in [0.2, 0.25) is 0 Å². The van der Waals surface area contributed by atoms with Gasteiger partial charge in [-0.3, -0.25) is 4.90 Å². The second-order valence-corrected chi connectivity index (χ2v) is 4.42. The Morgan fingerprint density at radius 2 is 2.00 bits per heavy atom. The molecule has 1 aromatic rings. The Balaban J connectivity index is 1.98. The summed E-state index contributed by atoms with van der Waals surface area (Å²) in [6.45, 7) is 1.96. The Bertz CT molecular complexity index is 432. The first-order valence-corrected chi connectivity index (χ1v) is 5.75. The van der Waals surface area contributed by atoms with E-state index in [0.29, 0.717) is 12.1 Å². The molecule has 1 aromatic carbocycles. The van der Waals surface area contributed by atoms with Crippen molar-refractivity contribution in [1.29, 1.82) is 5.26 Å². The van der Waals surface area contributed by atoms with Crippen molar-refractivity contribution in [2.24, 2.45) is 5.92 Å². The minimum atomic E-state index is -0.409. The van der Waals surface area contributed by atoms with Crippen molar-refractivity contribution in [3.05, 3.63) is 35.4 Å². The molecule has 0 N–H and O–H groups in total. The number of piperidine rings is 1. The molecule has 0 radical (unpaired) electrons. The van der Waals surface area contributed by atoms with Crippen LogP contribution in [0.25, 0.3) is 0 Å². The Kier molecular flexibility index (Phi) is 3.70. The second kappa shape index (κ2) is 5.24. The van der Waals surface area contributed by atoms with Crippen LogP contribution in [0.1, 0.15) is 18.4 Å². The largest absolute Gasteiger partial charge is 0.299 e. The molecule has 0 atom stereocenters. The van der Waals surface area contributed by atoms with Gasteiger partial charge in [0.25, 0.3) is 0 Å².